The van der Waals surface area contributed by atoms with E-state index in [-0.39, 0.29) is 5.03 Å². The van der Waals surface area contributed by atoms with Gasteiger partial charge in [-0.3, -0.25) is 0 Å². The lowest BCUT2D eigenvalue weighted by atomic mass is 10.1. The first kappa shape index (κ1) is 16.3. The summed E-state index contributed by atoms with van der Waals surface area (Å²) in [6.45, 7) is 0. The van der Waals surface area contributed by atoms with Crippen LogP contribution in [-0.2, 0) is 0 Å². The second kappa shape index (κ2) is 7.75. The van der Waals surface area contributed by atoms with Gasteiger partial charge < -0.3 is 5.73 Å². The molecule has 0 bridgehead atoms. The third kappa shape index (κ3) is 5.82. The van der Waals surface area contributed by atoms with Crippen molar-refractivity contribution < 1.29 is 4.79 Å². The second-order valence-electron chi connectivity index (χ2n) is 3.31. The number of allylic oxidation sites excluding steroid dienone is 2. The summed E-state index contributed by atoms with van der Waals surface area (Å²) in [6, 6.07) is 6.41. The highest BCUT2D eigenvalue weighted by atomic mass is 79.9. The van der Waals surface area contributed by atoms with E-state index in [4.69, 9.17) is 40.5 Å². The van der Waals surface area contributed by atoms with E-state index >= 15 is 0 Å². The third-order valence-electron chi connectivity index (χ3n) is 1.91. The molecular formula is C11H9BrCl3N3O. The Morgan fingerprint density at radius 1 is 1.37 bits per heavy atom. The van der Waals surface area contributed by atoms with Crippen LogP contribution in [-0.4, -0.2) is 16.6 Å². The molecule has 4 nitrogen and oxygen atoms in total. The topological polar surface area (TPSA) is 67.5 Å². The van der Waals surface area contributed by atoms with Crippen molar-refractivity contribution in [2.45, 2.75) is 4.84 Å². The zero-order valence-corrected chi connectivity index (χ0v) is 13.3. The summed E-state index contributed by atoms with van der Waals surface area (Å²) >= 11 is 20.5. The summed E-state index contributed by atoms with van der Waals surface area (Å²) in [7, 11) is 0. The van der Waals surface area contributed by atoms with E-state index in [0.29, 0.717) is 11.3 Å². The van der Waals surface area contributed by atoms with Crippen LogP contribution in [0.15, 0.2) is 44.9 Å². The van der Waals surface area contributed by atoms with Crippen molar-refractivity contribution in [2.75, 3.05) is 0 Å². The number of urea groups is 1. The molecule has 3 N–H and O–H groups in total. The van der Waals surface area contributed by atoms with E-state index in [1.807, 2.05) is 12.1 Å². The van der Waals surface area contributed by atoms with Gasteiger partial charge in [0.1, 0.15) is 4.84 Å². The van der Waals surface area contributed by atoms with Crippen LogP contribution in [0.1, 0.15) is 5.56 Å². The van der Waals surface area contributed by atoms with Crippen molar-refractivity contribution in [1.29, 1.82) is 0 Å². The van der Waals surface area contributed by atoms with Crippen LogP contribution in [0, 0.1) is 0 Å². The fraction of sp³-hybridized carbons (Fsp3) is 0.0909. The van der Waals surface area contributed by atoms with Crippen LogP contribution < -0.4 is 11.2 Å². The molecule has 0 radical (unpaired) electrons. The molecule has 102 valence electrons. The molecule has 0 unspecified atom stereocenters. The number of nitrogens with zero attached hydrogens (tertiary/aromatic N) is 1. The number of hydrogen-bond acceptors (Lipinski definition) is 2. The van der Waals surface area contributed by atoms with Crippen molar-refractivity contribution >= 4 is 62.5 Å². The first-order valence-electron chi connectivity index (χ1n) is 4.94. The lowest BCUT2D eigenvalue weighted by Crippen LogP contribution is -2.25. The molecule has 0 aliphatic rings. The van der Waals surface area contributed by atoms with E-state index in [0.717, 1.165) is 4.47 Å². The Morgan fingerprint density at radius 2 is 1.95 bits per heavy atom. The molecule has 0 fully saturated rings. The maximum absolute atomic E-state index is 10.7. The summed E-state index contributed by atoms with van der Waals surface area (Å²) < 4.78 is 0.904. The quantitative estimate of drug-likeness (QED) is 0.463. The zero-order valence-electron chi connectivity index (χ0n) is 9.41. The molecule has 0 heterocycles. The van der Waals surface area contributed by atoms with E-state index in [9.17, 15) is 4.79 Å². The van der Waals surface area contributed by atoms with E-state index < -0.39 is 10.9 Å². The van der Waals surface area contributed by atoms with Crippen LogP contribution in [0.3, 0.4) is 0 Å². The summed E-state index contributed by atoms with van der Waals surface area (Å²) in [6.07, 6.45) is 1.45. The number of carbonyl (C=O) groups is 1. The van der Waals surface area contributed by atoms with E-state index in [1.165, 1.54) is 6.08 Å². The number of alkyl halides is 2. The fourth-order valence-corrected chi connectivity index (χ4v) is 1.60. The summed E-state index contributed by atoms with van der Waals surface area (Å²) in [5.74, 6) is 0. The van der Waals surface area contributed by atoms with Gasteiger partial charge in [0.15, 0.2) is 0 Å². The monoisotopic (exact) mass is 383 g/mol. The normalized spacial score (nSPS) is 12.7. The molecule has 8 heteroatoms. The fourth-order valence-electron chi connectivity index (χ4n) is 1.11. The minimum atomic E-state index is -0.879. The van der Waals surface area contributed by atoms with Crippen molar-refractivity contribution in [3.63, 3.8) is 0 Å². The van der Waals surface area contributed by atoms with Gasteiger partial charge in [-0.15, -0.1) is 0 Å². The van der Waals surface area contributed by atoms with Crippen molar-refractivity contribution in [2.24, 2.45) is 10.8 Å². The summed E-state index contributed by atoms with van der Waals surface area (Å²) in [5, 5.41) is 4.02. The van der Waals surface area contributed by atoms with Crippen molar-refractivity contribution in [3.8, 4) is 0 Å². The molecule has 0 aromatic heterocycles. The average molecular weight is 385 g/mol. The minimum absolute atomic E-state index is 0.177. The van der Waals surface area contributed by atoms with Crippen molar-refractivity contribution in [1.82, 2.24) is 5.43 Å². The number of hydrogen-bond donors (Lipinski definition) is 2. The maximum Gasteiger partial charge on any atom is 0.332 e. The third-order valence-corrected chi connectivity index (χ3v) is 3.46. The predicted octanol–water partition coefficient (Wildman–Crippen LogP) is 3.75. The van der Waals surface area contributed by atoms with Gasteiger partial charge in [0.05, 0.1) is 10.7 Å². The Morgan fingerprint density at radius 3 is 2.42 bits per heavy atom. The Balaban J connectivity index is 3.12. The van der Waals surface area contributed by atoms with Crippen LogP contribution in [0.25, 0.3) is 0 Å². The number of nitrogens with one attached hydrogen (secondary N) is 1. The Hall–Kier alpha value is -0.750. The Kier molecular flexibility index (Phi) is 6.65. The highest BCUT2D eigenvalue weighted by Crippen LogP contribution is 2.20. The Bertz CT molecular complexity index is 514. The highest BCUT2D eigenvalue weighted by Gasteiger charge is 2.08. The molecular weight excluding hydrogens is 376 g/mol. The zero-order chi connectivity index (χ0) is 14.4. The molecule has 0 saturated heterocycles. The van der Waals surface area contributed by atoms with Crippen LogP contribution >= 0.6 is 50.7 Å². The van der Waals surface area contributed by atoms with Crippen LogP contribution in [0.2, 0.25) is 0 Å². The van der Waals surface area contributed by atoms with Gasteiger partial charge >= 0.3 is 6.03 Å². The lowest BCUT2D eigenvalue weighted by Gasteiger charge is -2.05. The van der Waals surface area contributed by atoms with Gasteiger partial charge in [0.2, 0.25) is 0 Å². The molecule has 2 amide bonds. The smallest absolute Gasteiger partial charge is 0.332 e. The SMILES string of the molecule is NC(=O)NN=C(C=C(Cl)C(Cl)Cl)c1ccc(Br)cc1. The molecule has 0 aliphatic heterocycles. The largest absolute Gasteiger partial charge is 0.350 e. The maximum atomic E-state index is 10.7. The first-order chi connectivity index (χ1) is 8.90. The number of halogens is 4. The second-order valence-corrected chi connectivity index (χ2v) is 5.76. The Labute approximate surface area is 133 Å². The molecule has 0 aliphatic carbocycles. The van der Waals surface area contributed by atoms with Gasteiger partial charge in [0.25, 0.3) is 0 Å². The number of carbonyl (C=O) groups excluding carboxylic acids is 1. The van der Waals surface area contributed by atoms with Gasteiger partial charge in [0, 0.05) is 10.0 Å². The molecule has 19 heavy (non-hydrogen) atoms. The minimum Gasteiger partial charge on any atom is -0.350 e. The van der Waals surface area contributed by atoms with Crippen LogP contribution in [0.5, 0.6) is 0 Å². The van der Waals surface area contributed by atoms with Gasteiger partial charge in [-0.25, -0.2) is 10.2 Å². The number of rotatable bonds is 4. The van der Waals surface area contributed by atoms with Crippen molar-refractivity contribution in [3.05, 3.63) is 45.4 Å². The highest BCUT2D eigenvalue weighted by molar-refractivity contribution is 9.10. The average Bonchev–Trinajstić information content (AvgIpc) is 2.35. The number of hydrazone groups is 1. The van der Waals surface area contributed by atoms with Gasteiger partial charge in [-0.2, -0.15) is 5.10 Å². The summed E-state index contributed by atoms with van der Waals surface area (Å²) in [5.41, 5.74) is 8.18. The van der Waals surface area contributed by atoms with Gasteiger partial charge in [-0.05, 0) is 18.2 Å². The summed E-state index contributed by atoms with van der Waals surface area (Å²) in [4.78, 5) is 9.82. The molecule has 1 aromatic rings. The number of primary amides is 1. The van der Waals surface area contributed by atoms with Gasteiger partial charge in [-0.1, -0.05) is 62.9 Å². The number of nitrogens with two attached hydrogens (primary N) is 1. The van der Waals surface area contributed by atoms with Crippen LogP contribution in [0.4, 0.5) is 4.79 Å². The molecule has 0 saturated carbocycles. The first-order valence-corrected chi connectivity index (χ1v) is 6.99. The number of benzene rings is 1. The standard InChI is InChI=1S/C11H9BrCl3N3O/c12-7-3-1-6(2-4-7)9(17-18-11(16)19)5-8(13)10(14)15/h1-5,10H,(H3,16,18,19). The molecule has 1 aromatic carbocycles. The number of amides is 2. The molecule has 0 atom stereocenters. The predicted molar refractivity (Wildman–Crippen MR) is 82.8 cm³/mol. The van der Waals surface area contributed by atoms with E-state index in [1.54, 1.807) is 12.1 Å². The lowest BCUT2D eigenvalue weighted by molar-refractivity contribution is 0.249. The van der Waals surface area contributed by atoms with E-state index in [2.05, 4.69) is 26.5 Å². The molecule has 1 rings (SSSR count). The molecule has 0 spiro atoms.